The van der Waals surface area contributed by atoms with Gasteiger partial charge in [-0.25, -0.2) is 0 Å². The lowest BCUT2D eigenvalue weighted by atomic mass is 9.91. The molecule has 0 radical (unpaired) electrons. The molecule has 1 fully saturated rings. The van der Waals surface area contributed by atoms with Crippen LogP contribution in [-0.2, 0) is 0 Å². The van der Waals surface area contributed by atoms with Gasteiger partial charge in [-0.3, -0.25) is 0 Å². The third-order valence-corrected chi connectivity index (χ3v) is 5.34. The summed E-state index contributed by atoms with van der Waals surface area (Å²) < 4.78 is 1.26. The molecule has 2 atom stereocenters. The molecule has 1 aliphatic rings. The zero-order valence-electron chi connectivity index (χ0n) is 10.9. The Bertz CT molecular complexity index is 370. The summed E-state index contributed by atoms with van der Waals surface area (Å²) in [6, 6.07) is 2.86. The molecule has 2 rings (SSSR count). The predicted molar refractivity (Wildman–Crippen MR) is 79.7 cm³/mol. The monoisotopic (exact) mass is 315 g/mol. The van der Waals surface area contributed by atoms with Crippen molar-refractivity contribution in [3.63, 3.8) is 0 Å². The Morgan fingerprint density at radius 2 is 2.24 bits per heavy atom. The van der Waals surface area contributed by atoms with Gasteiger partial charge in [0.25, 0.3) is 0 Å². The zero-order chi connectivity index (χ0) is 12.4. The molecule has 0 spiro atoms. The minimum atomic E-state index is 0.546. The van der Waals surface area contributed by atoms with E-state index < -0.39 is 0 Å². The maximum atomic E-state index is 3.75. The molecule has 17 heavy (non-hydrogen) atoms. The molecule has 1 aromatic heterocycles. The number of halogens is 1. The first-order valence-electron chi connectivity index (χ1n) is 6.62. The van der Waals surface area contributed by atoms with Crippen LogP contribution in [0.4, 0.5) is 0 Å². The standard InChI is InChI=1S/C14H22BrNS/c1-4-7-16-14(9(2)11-5-6-11)12-8-13(15)17-10(12)3/h8-9,11,14,16H,4-7H2,1-3H3. The number of nitrogens with one attached hydrogen (secondary N) is 1. The number of hydrogen-bond donors (Lipinski definition) is 1. The van der Waals surface area contributed by atoms with Crippen molar-refractivity contribution in [2.75, 3.05) is 6.54 Å². The molecule has 0 bridgehead atoms. The SMILES string of the molecule is CCCNC(c1cc(Br)sc1C)C(C)C1CC1. The van der Waals surface area contributed by atoms with Crippen LogP contribution in [0.1, 0.15) is 49.6 Å². The van der Waals surface area contributed by atoms with Crippen molar-refractivity contribution >= 4 is 27.3 Å². The van der Waals surface area contributed by atoms with E-state index in [1.54, 1.807) is 0 Å². The van der Waals surface area contributed by atoms with Gasteiger partial charge in [-0.15, -0.1) is 11.3 Å². The third-order valence-electron chi connectivity index (χ3n) is 3.77. The molecule has 0 aromatic carbocycles. The topological polar surface area (TPSA) is 12.0 Å². The highest BCUT2D eigenvalue weighted by Crippen LogP contribution is 2.44. The predicted octanol–water partition coefficient (Wildman–Crippen LogP) is 4.91. The second kappa shape index (κ2) is 5.85. The number of rotatable bonds is 6. The van der Waals surface area contributed by atoms with E-state index in [1.807, 2.05) is 11.3 Å². The first kappa shape index (κ1) is 13.6. The van der Waals surface area contributed by atoms with Gasteiger partial charge in [0.15, 0.2) is 0 Å². The first-order valence-corrected chi connectivity index (χ1v) is 8.23. The normalized spacial score (nSPS) is 19.3. The Hall–Kier alpha value is 0.140. The van der Waals surface area contributed by atoms with Gasteiger partial charge < -0.3 is 5.32 Å². The molecule has 1 saturated carbocycles. The van der Waals surface area contributed by atoms with E-state index in [-0.39, 0.29) is 0 Å². The van der Waals surface area contributed by atoms with Crippen LogP contribution < -0.4 is 5.32 Å². The molecule has 0 aliphatic heterocycles. The van der Waals surface area contributed by atoms with Gasteiger partial charge in [0.1, 0.15) is 0 Å². The van der Waals surface area contributed by atoms with E-state index in [1.165, 1.54) is 33.5 Å². The molecular weight excluding hydrogens is 294 g/mol. The summed E-state index contributed by atoms with van der Waals surface area (Å²) in [5, 5.41) is 3.75. The van der Waals surface area contributed by atoms with Gasteiger partial charge in [0, 0.05) is 10.9 Å². The third kappa shape index (κ3) is 3.33. The van der Waals surface area contributed by atoms with Crippen molar-refractivity contribution in [3.8, 4) is 0 Å². The molecule has 96 valence electrons. The molecule has 1 N–H and O–H groups in total. The zero-order valence-corrected chi connectivity index (χ0v) is 13.3. The van der Waals surface area contributed by atoms with Crippen LogP contribution in [0.25, 0.3) is 0 Å². The first-order chi connectivity index (χ1) is 8.13. The highest BCUT2D eigenvalue weighted by Gasteiger charge is 2.34. The van der Waals surface area contributed by atoms with Crippen molar-refractivity contribution < 1.29 is 0 Å². The summed E-state index contributed by atoms with van der Waals surface area (Å²) in [6.07, 6.45) is 4.06. The molecule has 1 aromatic rings. The van der Waals surface area contributed by atoms with Crippen LogP contribution in [0, 0.1) is 18.8 Å². The van der Waals surface area contributed by atoms with E-state index in [0.29, 0.717) is 6.04 Å². The van der Waals surface area contributed by atoms with Crippen molar-refractivity contribution in [3.05, 3.63) is 20.3 Å². The van der Waals surface area contributed by atoms with E-state index in [4.69, 9.17) is 0 Å². The number of hydrogen-bond acceptors (Lipinski definition) is 2. The summed E-state index contributed by atoms with van der Waals surface area (Å²) in [7, 11) is 0. The average molecular weight is 316 g/mol. The largest absolute Gasteiger partial charge is 0.310 e. The van der Waals surface area contributed by atoms with Crippen LogP contribution in [0.3, 0.4) is 0 Å². The van der Waals surface area contributed by atoms with E-state index in [0.717, 1.165) is 18.4 Å². The summed E-state index contributed by atoms with van der Waals surface area (Å²) in [6.45, 7) is 8.01. The highest BCUT2D eigenvalue weighted by molar-refractivity contribution is 9.11. The van der Waals surface area contributed by atoms with E-state index >= 15 is 0 Å². The number of aryl methyl sites for hydroxylation is 1. The second-order valence-electron chi connectivity index (χ2n) is 5.19. The Kier molecular flexibility index (Phi) is 4.67. The second-order valence-corrected chi connectivity index (χ2v) is 7.83. The fraction of sp³-hybridized carbons (Fsp3) is 0.714. The molecule has 1 nitrogen and oxygen atoms in total. The van der Waals surface area contributed by atoms with Crippen LogP contribution in [0.15, 0.2) is 9.85 Å². The smallest absolute Gasteiger partial charge is 0.0704 e. The minimum Gasteiger partial charge on any atom is -0.310 e. The van der Waals surface area contributed by atoms with Crippen molar-refractivity contribution in [2.24, 2.45) is 11.8 Å². The van der Waals surface area contributed by atoms with Gasteiger partial charge in [-0.05, 0) is 72.1 Å². The summed E-state index contributed by atoms with van der Waals surface area (Å²) in [5.41, 5.74) is 1.51. The maximum absolute atomic E-state index is 3.75. The van der Waals surface area contributed by atoms with Crippen LogP contribution in [0.2, 0.25) is 0 Å². The molecular formula is C14H22BrNS. The Morgan fingerprint density at radius 3 is 2.71 bits per heavy atom. The van der Waals surface area contributed by atoms with E-state index in [2.05, 4.69) is 48.1 Å². The van der Waals surface area contributed by atoms with Crippen molar-refractivity contribution in [2.45, 2.75) is 46.1 Å². The summed E-state index contributed by atoms with van der Waals surface area (Å²) in [4.78, 5) is 1.46. The fourth-order valence-electron chi connectivity index (χ4n) is 2.54. The lowest BCUT2D eigenvalue weighted by Gasteiger charge is -2.25. The van der Waals surface area contributed by atoms with Crippen molar-refractivity contribution in [1.29, 1.82) is 0 Å². The van der Waals surface area contributed by atoms with Gasteiger partial charge in [0.2, 0.25) is 0 Å². The van der Waals surface area contributed by atoms with E-state index in [9.17, 15) is 0 Å². The lowest BCUT2D eigenvalue weighted by molar-refractivity contribution is 0.349. The van der Waals surface area contributed by atoms with Crippen LogP contribution in [0.5, 0.6) is 0 Å². The summed E-state index contributed by atoms with van der Waals surface area (Å²) in [5.74, 6) is 1.71. The van der Waals surface area contributed by atoms with Crippen LogP contribution >= 0.6 is 27.3 Å². The highest BCUT2D eigenvalue weighted by atomic mass is 79.9. The molecule has 0 saturated heterocycles. The molecule has 3 heteroatoms. The van der Waals surface area contributed by atoms with Crippen LogP contribution in [-0.4, -0.2) is 6.54 Å². The minimum absolute atomic E-state index is 0.546. The summed E-state index contributed by atoms with van der Waals surface area (Å²) >= 11 is 5.47. The Morgan fingerprint density at radius 1 is 1.53 bits per heavy atom. The number of thiophene rings is 1. The lowest BCUT2D eigenvalue weighted by Crippen LogP contribution is -2.28. The van der Waals surface area contributed by atoms with Crippen molar-refractivity contribution in [1.82, 2.24) is 5.32 Å². The Labute approximate surface area is 117 Å². The van der Waals surface area contributed by atoms with Gasteiger partial charge in [-0.2, -0.15) is 0 Å². The van der Waals surface area contributed by atoms with Gasteiger partial charge in [0.05, 0.1) is 3.79 Å². The molecule has 1 heterocycles. The molecule has 1 aliphatic carbocycles. The van der Waals surface area contributed by atoms with Gasteiger partial charge in [-0.1, -0.05) is 13.8 Å². The average Bonchev–Trinajstić information content (AvgIpc) is 3.06. The van der Waals surface area contributed by atoms with Gasteiger partial charge >= 0.3 is 0 Å². The molecule has 0 amide bonds. The maximum Gasteiger partial charge on any atom is 0.0704 e. The quantitative estimate of drug-likeness (QED) is 0.786. The fourth-order valence-corrected chi connectivity index (χ4v) is 4.30. The Balaban J connectivity index is 2.15. The molecule has 2 unspecified atom stereocenters.